The van der Waals surface area contributed by atoms with Crippen LogP contribution in [0.15, 0.2) is 65.5 Å². The van der Waals surface area contributed by atoms with Crippen LogP contribution >= 0.6 is 0 Å². The lowest BCUT2D eigenvalue weighted by atomic mass is 10.1. The van der Waals surface area contributed by atoms with Crippen LogP contribution in [0.1, 0.15) is 18.4 Å². The summed E-state index contributed by atoms with van der Waals surface area (Å²) in [6.07, 6.45) is 1.84. The number of pyridine rings is 1. The smallest absolute Gasteiger partial charge is 0.251 e. The molecule has 2 aromatic carbocycles. The molecular weight excluding hydrogens is 286 g/mol. The Labute approximate surface area is 136 Å². The number of rotatable bonds is 6. The van der Waals surface area contributed by atoms with E-state index in [-0.39, 0.29) is 5.56 Å². The Bertz CT molecular complexity index is 837. The maximum Gasteiger partial charge on any atom is 0.251 e. The van der Waals surface area contributed by atoms with E-state index in [9.17, 15) is 4.79 Å². The molecule has 0 aliphatic carbocycles. The summed E-state index contributed by atoms with van der Waals surface area (Å²) in [5, 5.41) is 1.15. The molecule has 0 atom stereocenters. The van der Waals surface area contributed by atoms with Gasteiger partial charge in [-0.05, 0) is 43.5 Å². The summed E-state index contributed by atoms with van der Waals surface area (Å²) in [6.45, 7) is 3.38. The van der Waals surface area contributed by atoms with Crippen molar-refractivity contribution >= 4 is 10.9 Å². The van der Waals surface area contributed by atoms with Crippen LogP contribution in [0.3, 0.4) is 0 Å². The van der Waals surface area contributed by atoms with E-state index < -0.39 is 0 Å². The molecule has 0 unspecified atom stereocenters. The minimum atomic E-state index is 0.0742. The fraction of sp³-hybridized carbons (Fsp3) is 0.250. The van der Waals surface area contributed by atoms with Crippen LogP contribution in [-0.2, 0) is 6.54 Å². The highest BCUT2D eigenvalue weighted by molar-refractivity contribution is 5.82. The van der Waals surface area contributed by atoms with Crippen LogP contribution in [0.5, 0.6) is 5.75 Å². The Morgan fingerprint density at radius 2 is 1.70 bits per heavy atom. The summed E-state index contributed by atoms with van der Waals surface area (Å²) in [4.78, 5) is 12.3. The van der Waals surface area contributed by atoms with Gasteiger partial charge < -0.3 is 9.30 Å². The third kappa shape index (κ3) is 3.62. The van der Waals surface area contributed by atoms with E-state index in [0.717, 1.165) is 41.6 Å². The van der Waals surface area contributed by atoms with Crippen molar-refractivity contribution in [1.82, 2.24) is 4.57 Å². The standard InChI is InChI=1S/C20H21NO2/c1-16-15-20(22)21(19-12-6-5-11-18(16)19)13-7-8-14-23-17-9-3-2-4-10-17/h2-6,9-12,15H,7-8,13-14H2,1H3. The number of ether oxygens (including phenoxy) is 1. The van der Waals surface area contributed by atoms with Gasteiger partial charge in [0, 0.05) is 18.0 Å². The van der Waals surface area contributed by atoms with Gasteiger partial charge in [0.1, 0.15) is 5.75 Å². The predicted molar refractivity (Wildman–Crippen MR) is 94.1 cm³/mol. The summed E-state index contributed by atoms with van der Waals surface area (Å²) in [5.41, 5.74) is 2.13. The Morgan fingerprint density at radius 1 is 0.957 bits per heavy atom. The van der Waals surface area contributed by atoms with E-state index in [1.54, 1.807) is 6.07 Å². The molecule has 0 radical (unpaired) electrons. The van der Waals surface area contributed by atoms with Crippen molar-refractivity contribution in [2.75, 3.05) is 6.61 Å². The molecule has 0 N–H and O–H groups in total. The lowest BCUT2D eigenvalue weighted by molar-refractivity contribution is 0.303. The molecule has 0 bridgehead atoms. The molecule has 3 aromatic rings. The van der Waals surface area contributed by atoms with Crippen molar-refractivity contribution in [3.63, 3.8) is 0 Å². The van der Waals surface area contributed by atoms with E-state index >= 15 is 0 Å². The maximum absolute atomic E-state index is 12.3. The van der Waals surface area contributed by atoms with Crippen LogP contribution in [0.25, 0.3) is 10.9 Å². The van der Waals surface area contributed by atoms with Gasteiger partial charge in [-0.15, -0.1) is 0 Å². The molecule has 0 saturated carbocycles. The number of aryl methyl sites for hydroxylation is 2. The Morgan fingerprint density at radius 3 is 2.52 bits per heavy atom. The van der Waals surface area contributed by atoms with Gasteiger partial charge in [-0.3, -0.25) is 4.79 Å². The zero-order chi connectivity index (χ0) is 16.1. The molecule has 0 spiro atoms. The first kappa shape index (κ1) is 15.3. The number of hydrogen-bond donors (Lipinski definition) is 0. The molecule has 1 aromatic heterocycles. The first-order valence-corrected chi connectivity index (χ1v) is 8.03. The molecule has 1 heterocycles. The number of nitrogens with zero attached hydrogens (tertiary/aromatic N) is 1. The monoisotopic (exact) mass is 307 g/mol. The second-order valence-corrected chi connectivity index (χ2v) is 5.70. The minimum Gasteiger partial charge on any atom is -0.494 e. The normalized spacial score (nSPS) is 10.8. The number of hydrogen-bond acceptors (Lipinski definition) is 2. The van der Waals surface area contributed by atoms with Crippen molar-refractivity contribution < 1.29 is 4.74 Å². The fourth-order valence-electron chi connectivity index (χ4n) is 2.81. The summed E-state index contributed by atoms with van der Waals surface area (Å²) in [5.74, 6) is 0.894. The molecule has 3 rings (SSSR count). The second-order valence-electron chi connectivity index (χ2n) is 5.70. The van der Waals surface area contributed by atoms with Gasteiger partial charge in [-0.25, -0.2) is 0 Å². The number of benzene rings is 2. The summed E-state index contributed by atoms with van der Waals surface area (Å²) in [6, 6.07) is 19.6. The van der Waals surface area contributed by atoms with E-state index in [2.05, 4.69) is 6.07 Å². The Kier molecular flexibility index (Phi) is 4.77. The first-order chi connectivity index (χ1) is 11.3. The van der Waals surface area contributed by atoms with Gasteiger partial charge in [-0.1, -0.05) is 36.4 Å². The van der Waals surface area contributed by atoms with Gasteiger partial charge in [0.2, 0.25) is 0 Å². The lowest BCUT2D eigenvalue weighted by Crippen LogP contribution is -2.20. The molecule has 0 saturated heterocycles. The average molecular weight is 307 g/mol. The lowest BCUT2D eigenvalue weighted by Gasteiger charge is -2.12. The fourth-order valence-corrected chi connectivity index (χ4v) is 2.81. The minimum absolute atomic E-state index is 0.0742. The summed E-state index contributed by atoms with van der Waals surface area (Å²) < 4.78 is 7.56. The van der Waals surface area contributed by atoms with Crippen LogP contribution in [0.2, 0.25) is 0 Å². The predicted octanol–water partition coefficient (Wildman–Crippen LogP) is 4.17. The SMILES string of the molecule is Cc1cc(=O)n(CCCCOc2ccccc2)c2ccccc12. The maximum atomic E-state index is 12.3. The number of para-hydroxylation sites is 2. The van der Waals surface area contributed by atoms with Crippen molar-refractivity contribution in [2.24, 2.45) is 0 Å². The van der Waals surface area contributed by atoms with E-state index in [4.69, 9.17) is 4.74 Å². The van der Waals surface area contributed by atoms with Crippen LogP contribution in [-0.4, -0.2) is 11.2 Å². The number of unbranched alkanes of at least 4 members (excludes halogenated alkanes) is 1. The van der Waals surface area contributed by atoms with Crippen LogP contribution < -0.4 is 10.3 Å². The highest BCUT2D eigenvalue weighted by Crippen LogP contribution is 2.16. The quantitative estimate of drug-likeness (QED) is 0.640. The van der Waals surface area contributed by atoms with E-state index in [0.29, 0.717) is 6.61 Å². The zero-order valence-electron chi connectivity index (χ0n) is 13.4. The molecule has 0 aliphatic heterocycles. The van der Waals surface area contributed by atoms with E-state index in [1.165, 1.54) is 0 Å². The molecule has 23 heavy (non-hydrogen) atoms. The van der Waals surface area contributed by atoms with Gasteiger partial charge in [0.15, 0.2) is 0 Å². The molecular formula is C20H21NO2. The van der Waals surface area contributed by atoms with Gasteiger partial charge >= 0.3 is 0 Å². The number of aromatic nitrogens is 1. The van der Waals surface area contributed by atoms with Crippen molar-refractivity contribution in [2.45, 2.75) is 26.3 Å². The topological polar surface area (TPSA) is 31.2 Å². The van der Waals surface area contributed by atoms with Gasteiger partial charge in [0.25, 0.3) is 5.56 Å². The van der Waals surface area contributed by atoms with Crippen LogP contribution in [0, 0.1) is 6.92 Å². The summed E-state index contributed by atoms with van der Waals surface area (Å²) >= 11 is 0. The van der Waals surface area contributed by atoms with Crippen molar-refractivity contribution in [1.29, 1.82) is 0 Å². The van der Waals surface area contributed by atoms with Gasteiger partial charge in [-0.2, -0.15) is 0 Å². The average Bonchev–Trinajstić information content (AvgIpc) is 2.58. The third-order valence-corrected chi connectivity index (χ3v) is 4.01. The third-order valence-electron chi connectivity index (χ3n) is 4.01. The first-order valence-electron chi connectivity index (χ1n) is 8.03. The zero-order valence-corrected chi connectivity index (χ0v) is 13.4. The number of fused-ring (bicyclic) bond motifs is 1. The second kappa shape index (κ2) is 7.14. The van der Waals surface area contributed by atoms with Crippen molar-refractivity contribution in [3.05, 3.63) is 76.6 Å². The largest absolute Gasteiger partial charge is 0.494 e. The highest BCUT2D eigenvalue weighted by Gasteiger charge is 2.05. The Hall–Kier alpha value is -2.55. The molecule has 0 amide bonds. The molecule has 118 valence electrons. The van der Waals surface area contributed by atoms with Crippen molar-refractivity contribution in [3.8, 4) is 5.75 Å². The molecule has 3 nitrogen and oxygen atoms in total. The Balaban J connectivity index is 1.62. The molecule has 0 fully saturated rings. The van der Waals surface area contributed by atoms with Gasteiger partial charge in [0.05, 0.1) is 12.1 Å². The molecule has 0 aliphatic rings. The highest BCUT2D eigenvalue weighted by atomic mass is 16.5. The summed E-state index contributed by atoms with van der Waals surface area (Å²) in [7, 11) is 0. The van der Waals surface area contributed by atoms with E-state index in [1.807, 2.05) is 60.0 Å². The van der Waals surface area contributed by atoms with Crippen LogP contribution in [0.4, 0.5) is 0 Å². The molecule has 3 heteroatoms.